The average Bonchev–Trinajstić information content (AvgIpc) is 3.20. The molecule has 0 aliphatic carbocycles. The number of aromatic amines is 1. The van der Waals surface area contributed by atoms with Crippen molar-refractivity contribution in [3.8, 4) is 11.3 Å². The monoisotopic (exact) mass is 398 g/mol. The molecule has 0 saturated carbocycles. The van der Waals surface area contributed by atoms with Crippen molar-refractivity contribution in [2.24, 2.45) is 0 Å². The molecule has 146 valence electrons. The first kappa shape index (κ1) is 19.9. The number of thioether (sulfide) groups is 1. The van der Waals surface area contributed by atoms with E-state index < -0.39 is 0 Å². The topological polar surface area (TPSA) is 61.0 Å². The van der Waals surface area contributed by atoms with Crippen molar-refractivity contribution in [1.82, 2.24) is 15.3 Å². The van der Waals surface area contributed by atoms with Crippen molar-refractivity contribution in [3.05, 3.63) is 66.6 Å². The van der Waals surface area contributed by atoms with E-state index in [1.165, 1.54) is 29.6 Å². The van der Waals surface area contributed by atoms with Gasteiger partial charge in [0.15, 0.2) is 5.16 Å². The van der Waals surface area contributed by atoms with Crippen LogP contribution in [0.1, 0.15) is 6.42 Å². The van der Waals surface area contributed by atoms with Gasteiger partial charge in [-0.1, -0.05) is 30.0 Å². The maximum Gasteiger partial charge on any atom is 0.230 e. The quantitative estimate of drug-likeness (QED) is 0.423. The number of amides is 1. The van der Waals surface area contributed by atoms with Crippen LogP contribution < -0.4 is 10.2 Å². The highest BCUT2D eigenvalue weighted by atomic mass is 32.2. The van der Waals surface area contributed by atoms with Crippen LogP contribution in [0.25, 0.3) is 11.3 Å². The number of imidazole rings is 1. The van der Waals surface area contributed by atoms with Gasteiger partial charge >= 0.3 is 0 Å². The predicted molar refractivity (Wildman–Crippen MR) is 112 cm³/mol. The van der Waals surface area contributed by atoms with E-state index >= 15 is 0 Å². The van der Waals surface area contributed by atoms with Gasteiger partial charge in [-0.3, -0.25) is 4.79 Å². The second kappa shape index (κ2) is 9.94. The van der Waals surface area contributed by atoms with Gasteiger partial charge in [-0.25, -0.2) is 9.37 Å². The zero-order chi connectivity index (χ0) is 19.8. The van der Waals surface area contributed by atoms with Crippen molar-refractivity contribution in [1.29, 1.82) is 0 Å². The Morgan fingerprint density at radius 3 is 2.68 bits per heavy atom. The SMILES string of the molecule is CN(CCCNC(=O)CSc1ncc(-c2ccc(F)cc2)[nH]1)c1ccccc1. The number of hydrogen-bond donors (Lipinski definition) is 2. The van der Waals surface area contributed by atoms with Gasteiger partial charge in [0.05, 0.1) is 17.6 Å². The summed E-state index contributed by atoms with van der Waals surface area (Å²) < 4.78 is 13.0. The van der Waals surface area contributed by atoms with Gasteiger partial charge in [0.2, 0.25) is 5.91 Å². The van der Waals surface area contributed by atoms with Crippen LogP contribution in [0.5, 0.6) is 0 Å². The third kappa shape index (κ3) is 5.85. The Hall–Kier alpha value is -2.80. The number of aromatic nitrogens is 2. The van der Waals surface area contributed by atoms with Gasteiger partial charge in [-0.2, -0.15) is 0 Å². The maximum absolute atomic E-state index is 13.0. The molecule has 0 bridgehead atoms. The average molecular weight is 399 g/mol. The van der Waals surface area contributed by atoms with Crippen LogP contribution >= 0.6 is 11.8 Å². The maximum atomic E-state index is 13.0. The lowest BCUT2D eigenvalue weighted by Gasteiger charge is -2.19. The van der Waals surface area contributed by atoms with Gasteiger partial charge in [-0.15, -0.1) is 0 Å². The summed E-state index contributed by atoms with van der Waals surface area (Å²) in [5.41, 5.74) is 2.82. The van der Waals surface area contributed by atoms with Crippen LogP contribution in [0, 0.1) is 5.82 Å². The number of rotatable bonds is 9. The third-order valence-electron chi connectivity index (χ3n) is 4.24. The number of halogens is 1. The summed E-state index contributed by atoms with van der Waals surface area (Å²) >= 11 is 1.35. The fourth-order valence-corrected chi connectivity index (χ4v) is 3.37. The summed E-state index contributed by atoms with van der Waals surface area (Å²) in [7, 11) is 2.04. The smallest absolute Gasteiger partial charge is 0.230 e. The first-order chi connectivity index (χ1) is 13.6. The highest BCUT2D eigenvalue weighted by Gasteiger charge is 2.07. The first-order valence-electron chi connectivity index (χ1n) is 9.08. The van der Waals surface area contributed by atoms with Gasteiger partial charge in [0, 0.05) is 25.8 Å². The normalized spacial score (nSPS) is 10.6. The second-order valence-electron chi connectivity index (χ2n) is 6.36. The molecule has 0 spiro atoms. The Morgan fingerprint density at radius 1 is 1.18 bits per heavy atom. The molecule has 2 N–H and O–H groups in total. The molecular formula is C21H23FN4OS. The van der Waals surface area contributed by atoms with Crippen molar-refractivity contribution in [2.75, 3.05) is 30.8 Å². The number of anilines is 1. The lowest BCUT2D eigenvalue weighted by atomic mass is 10.2. The summed E-state index contributed by atoms with van der Waals surface area (Å²) in [6.07, 6.45) is 2.56. The van der Waals surface area contributed by atoms with E-state index in [2.05, 4.69) is 32.3 Å². The summed E-state index contributed by atoms with van der Waals surface area (Å²) in [5.74, 6) is 0.00170. The molecule has 7 heteroatoms. The minimum Gasteiger partial charge on any atom is -0.375 e. The van der Waals surface area contributed by atoms with Gasteiger partial charge in [0.25, 0.3) is 0 Å². The number of para-hydroxylation sites is 1. The fraction of sp³-hybridized carbons (Fsp3) is 0.238. The highest BCUT2D eigenvalue weighted by Crippen LogP contribution is 2.21. The van der Waals surface area contributed by atoms with Crippen LogP contribution in [0.15, 0.2) is 66.0 Å². The van der Waals surface area contributed by atoms with Gasteiger partial charge in [-0.05, 0) is 48.4 Å². The van der Waals surface area contributed by atoms with Crippen molar-refractivity contribution in [3.63, 3.8) is 0 Å². The molecule has 0 atom stereocenters. The zero-order valence-corrected chi connectivity index (χ0v) is 16.5. The van der Waals surface area contributed by atoms with Crippen LogP contribution in [0.3, 0.4) is 0 Å². The van der Waals surface area contributed by atoms with Crippen LogP contribution in [0.2, 0.25) is 0 Å². The number of nitrogens with zero attached hydrogens (tertiary/aromatic N) is 2. The van der Waals surface area contributed by atoms with E-state index in [1.54, 1.807) is 18.3 Å². The molecule has 0 radical (unpaired) electrons. The molecule has 1 aromatic heterocycles. The summed E-state index contributed by atoms with van der Waals surface area (Å²) in [6.45, 7) is 1.51. The lowest BCUT2D eigenvalue weighted by molar-refractivity contribution is -0.118. The molecule has 5 nitrogen and oxygen atoms in total. The Morgan fingerprint density at radius 2 is 1.93 bits per heavy atom. The van der Waals surface area contributed by atoms with Crippen molar-refractivity contribution < 1.29 is 9.18 Å². The Bertz CT molecular complexity index is 883. The largest absolute Gasteiger partial charge is 0.375 e. The molecule has 3 aromatic rings. The summed E-state index contributed by atoms with van der Waals surface area (Å²) in [4.78, 5) is 21.6. The van der Waals surface area contributed by atoms with Crippen molar-refractivity contribution in [2.45, 2.75) is 11.6 Å². The molecule has 0 aliphatic rings. The molecule has 0 unspecified atom stereocenters. The minimum atomic E-state index is -0.274. The van der Waals surface area contributed by atoms with Crippen LogP contribution in [-0.2, 0) is 4.79 Å². The zero-order valence-electron chi connectivity index (χ0n) is 15.7. The molecule has 1 heterocycles. The third-order valence-corrected chi connectivity index (χ3v) is 5.12. The van der Waals surface area contributed by atoms with E-state index in [0.29, 0.717) is 17.5 Å². The Balaban J connectivity index is 1.36. The first-order valence-corrected chi connectivity index (χ1v) is 10.1. The standard InChI is InChI=1S/C21H23FN4OS/c1-26(18-6-3-2-4-7-18)13-5-12-23-20(27)15-28-21-24-14-19(25-21)16-8-10-17(22)11-9-16/h2-4,6-11,14H,5,12-13,15H2,1H3,(H,23,27)(H,24,25). The number of hydrogen-bond acceptors (Lipinski definition) is 4. The molecule has 1 amide bonds. The number of nitrogens with one attached hydrogen (secondary N) is 2. The minimum absolute atomic E-state index is 0.0212. The molecule has 3 rings (SSSR count). The summed E-state index contributed by atoms with van der Waals surface area (Å²) in [5, 5.41) is 3.60. The van der Waals surface area contributed by atoms with Crippen LogP contribution in [0.4, 0.5) is 10.1 Å². The van der Waals surface area contributed by atoms with E-state index in [4.69, 9.17) is 0 Å². The number of benzene rings is 2. The molecule has 28 heavy (non-hydrogen) atoms. The molecule has 0 aliphatic heterocycles. The number of H-pyrrole nitrogens is 1. The van der Waals surface area contributed by atoms with Gasteiger partial charge in [0.1, 0.15) is 5.82 Å². The van der Waals surface area contributed by atoms with Crippen molar-refractivity contribution >= 4 is 23.4 Å². The Labute approximate surface area is 168 Å². The highest BCUT2D eigenvalue weighted by molar-refractivity contribution is 7.99. The van der Waals surface area contributed by atoms with E-state index in [1.807, 2.05) is 25.2 Å². The van der Waals surface area contributed by atoms with E-state index in [-0.39, 0.29) is 11.7 Å². The Kier molecular flexibility index (Phi) is 7.08. The lowest BCUT2D eigenvalue weighted by Crippen LogP contribution is -2.29. The second-order valence-corrected chi connectivity index (χ2v) is 7.32. The number of carbonyl (C=O) groups is 1. The van der Waals surface area contributed by atoms with Crippen LogP contribution in [-0.4, -0.2) is 41.8 Å². The van der Waals surface area contributed by atoms with Gasteiger partial charge < -0.3 is 15.2 Å². The molecule has 2 aromatic carbocycles. The van der Waals surface area contributed by atoms with E-state index in [9.17, 15) is 9.18 Å². The van der Waals surface area contributed by atoms with E-state index in [0.717, 1.165) is 24.2 Å². The molecule has 0 fully saturated rings. The predicted octanol–water partition coefficient (Wildman–Crippen LogP) is 3.95. The fourth-order valence-electron chi connectivity index (χ4n) is 2.69. The number of carbonyl (C=O) groups excluding carboxylic acids is 1. The molecule has 0 saturated heterocycles. The molecular weight excluding hydrogens is 375 g/mol. The summed E-state index contributed by atoms with van der Waals surface area (Å²) in [6, 6.07) is 16.4.